The molecule has 166 valence electrons. The molecule has 0 N–H and O–H groups in total. The Balaban J connectivity index is 0.00000155. The molecule has 1 aliphatic carbocycles. The van der Waals surface area contributed by atoms with Gasteiger partial charge in [0.1, 0.15) is 5.60 Å². The Morgan fingerprint density at radius 1 is 1.07 bits per heavy atom. The predicted molar refractivity (Wildman–Crippen MR) is 121 cm³/mol. The van der Waals surface area contributed by atoms with Crippen molar-refractivity contribution in [3.8, 4) is 0 Å². The standard InChI is InChI=1S/C23H31NO4.C2H6/c1-7-27-20(25)18-14-23(19-13-16(3)15(2)12-17(18)19)8-10-24(11-9-23)21(26)28-22(4,5)6;1-2/h12-14H,7-11H2,1-6H3;1-2H3. The molecule has 1 fully saturated rings. The van der Waals surface area contributed by atoms with Crippen LogP contribution in [0.15, 0.2) is 18.2 Å². The lowest BCUT2D eigenvalue weighted by atomic mass is 9.74. The van der Waals surface area contributed by atoms with Gasteiger partial charge >= 0.3 is 12.1 Å². The van der Waals surface area contributed by atoms with E-state index in [2.05, 4.69) is 32.1 Å². The molecule has 1 saturated heterocycles. The highest BCUT2D eigenvalue weighted by Gasteiger charge is 2.44. The zero-order valence-electron chi connectivity index (χ0n) is 19.8. The van der Waals surface area contributed by atoms with E-state index in [-0.39, 0.29) is 17.5 Å². The van der Waals surface area contributed by atoms with Crippen LogP contribution in [0.4, 0.5) is 4.79 Å². The Morgan fingerprint density at radius 3 is 2.17 bits per heavy atom. The molecule has 1 spiro atoms. The van der Waals surface area contributed by atoms with Crippen LogP contribution >= 0.6 is 0 Å². The molecule has 1 heterocycles. The number of amides is 1. The number of carbonyl (C=O) groups excluding carboxylic acids is 2. The summed E-state index contributed by atoms with van der Waals surface area (Å²) in [4.78, 5) is 26.8. The molecule has 0 aromatic heterocycles. The minimum Gasteiger partial charge on any atom is -0.462 e. The molecule has 0 unspecified atom stereocenters. The van der Waals surface area contributed by atoms with Crippen molar-refractivity contribution in [1.82, 2.24) is 4.90 Å². The fourth-order valence-electron chi connectivity index (χ4n) is 4.09. The fourth-order valence-corrected chi connectivity index (χ4v) is 4.09. The van der Waals surface area contributed by atoms with Gasteiger partial charge in [0, 0.05) is 18.5 Å². The summed E-state index contributed by atoms with van der Waals surface area (Å²) in [7, 11) is 0. The number of likely N-dealkylation sites (tertiary alicyclic amines) is 1. The molecule has 0 bridgehead atoms. The van der Waals surface area contributed by atoms with Gasteiger partial charge in [-0.15, -0.1) is 0 Å². The fraction of sp³-hybridized carbons (Fsp3) is 0.600. The maximum atomic E-state index is 12.6. The number of carbonyl (C=O) groups is 2. The van der Waals surface area contributed by atoms with E-state index in [1.165, 1.54) is 11.1 Å². The Morgan fingerprint density at radius 2 is 1.63 bits per heavy atom. The van der Waals surface area contributed by atoms with E-state index in [4.69, 9.17) is 9.47 Å². The molecule has 1 aromatic rings. The van der Waals surface area contributed by atoms with Crippen molar-refractivity contribution in [2.75, 3.05) is 19.7 Å². The van der Waals surface area contributed by atoms with Crippen LogP contribution < -0.4 is 0 Å². The number of aryl methyl sites for hydroxylation is 2. The van der Waals surface area contributed by atoms with Gasteiger partial charge in [0.05, 0.1) is 12.2 Å². The van der Waals surface area contributed by atoms with Crippen molar-refractivity contribution < 1.29 is 19.1 Å². The third-order valence-electron chi connectivity index (χ3n) is 5.68. The van der Waals surface area contributed by atoms with Crippen molar-refractivity contribution >= 4 is 17.6 Å². The molecule has 5 heteroatoms. The number of esters is 1. The van der Waals surface area contributed by atoms with E-state index in [1.54, 1.807) is 4.90 Å². The Hall–Kier alpha value is -2.30. The first-order valence-electron chi connectivity index (χ1n) is 11.1. The summed E-state index contributed by atoms with van der Waals surface area (Å²) in [6.45, 7) is 17.2. The average Bonchev–Trinajstić information content (AvgIpc) is 2.97. The second kappa shape index (κ2) is 9.23. The molecular formula is C25H37NO4. The first kappa shape index (κ1) is 24.0. The number of allylic oxidation sites excluding steroid dienone is 1. The summed E-state index contributed by atoms with van der Waals surface area (Å²) >= 11 is 0. The first-order chi connectivity index (χ1) is 14.1. The molecule has 0 radical (unpaired) electrons. The van der Waals surface area contributed by atoms with Gasteiger partial charge in [-0.3, -0.25) is 0 Å². The number of piperidine rings is 1. The second-order valence-corrected chi connectivity index (χ2v) is 8.88. The van der Waals surface area contributed by atoms with Crippen LogP contribution in [0.25, 0.3) is 5.57 Å². The number of fused-ring (bicyclic) bond motifs is 2. The van der Waals surface area contributed by atoms with Crippen LogP contribution in [0, 0.1) is 13.8 Å². The van der Waals surface area contributed by atoms with Crippen molar-refractivity contribution in [1.29, 1.82) is 0 Å². The van der Waals surface area contributed by atoms with Gasteiger partial charge in [-0.25, -0.2) is 9.59 Å². The molecule has 1 amide bonds. The Labute approximate surface area is 181 Å². The van der Waals surface area contributed by atoms with Gasteiger partial charge in [0.15, 0.2) is 0 Å². The molecule has 2 aliphatic rings. The van der Waals surface area contributed by atoms with Gasteiger partial charge < -0.3 is 14.4 Å². The van der Waals surface area contributed by atoms with Crippen molar-refractivity contribution in [2.45, 2.75) is 79.2 Å². The highest BCUT2D eigenvalue weighted by Crippen LogP contribution is 2.48. The van der Waals surface area contributed by atoms with E-state index >= 15 is 0 Å². The van der Waals surface area contributed by atoms with Crippen LogP contribution in [-0.2, 0) is 19.7 Å². The maximum Gasteiger partial charge on any atom is 0.410 e. The van der Waals surface area contributed by atoms with Crippen LogP contribution in [-0.4, -0.2) is 42.3 Å². The van der Waals surface area contributed by atoms with E-state index < -0.39 is 5.60 Å². The van der Waals surface area contributed by atoms with Gasteiger partial charge in [-0.05, 0) is 76.6 Å². The van der Waals surface area contributed by atoms with E-state index in [0.717, 1.165) is 24.0 Å². The quantitative estimate of drug-likeness (QED) is 0.594. The monoisotopic (exact) mass is 415 g/mol. The maximum absolute atomic E-state index is 12.6. The first-order valence-corrected chi connectivity index (χ1v) is 11.1. The summed E-state index contributed by atoms with van der Waals surface area (Å²) in [5.74, 6) is -0.265. The Kier molecular flexibility index (Phi) is 7.38. The third-order valence-corrected chi connectivity index (χ3v) is 5.68. The highest BCUT2D eigenvalue weighted by atomic mass is 16.6. The molecule has 3 rings (SSSR count). The largest absolute Gasteiger partial charge is 0.462 e. The molecular weight excluding hydrogens is 378 g/mol. The molecule has 0 saturated carbocycles. The van der Waals surface area contributed by atoms with Crippen LogP contribution in [0.3, 0.4) is 0 Å². The smallest absolute Gasteiger partial charge is 0.410 e. The predicted octanol–water partition coefficient (Wildman–Crippen LogP) is 5.56. The minimum absolute atomic E-state index is 0.228. The Bertz CT molecular complexity index is 824. The van der Waals surface area contributed by atoms with Gasteiger partial charge in [-0.2, -0.15) is 0 Å². The molecule has 1 aliphatic heterocycles. The van der Waals surface area contributed by atoms with Gasteiger partial charge in [-0.1, -0.05) is 32.1 Å². The van der Waals surface area contributed by atoms with Crippen molar-refractivity contribution in [3.63, 3.8) is 0 Å². The number of nitrogens with zero attached hydrogens (tertiary/aromatic N) is 1. The normalized spacial score (nSPS) is 16.9. The van der Waals surface area contributed by atoms with Crippen LogP contribution in [0.2, 0.25) is 0 Å². The number of benzene rings is 1. The van der Waals surface area contributed by atoms with Crippen LogP contribution in [0.1, 0.15) is 76.6 Å². The van der Waals surface area contributed by atoms with Crippen LogP contribution in [0.5, 0.6) is 0 Å². The van der Waals surface area contributed by atoms with E-state index in [0.29, 0.717) is 25.3 Å². The lowest BCUT2D eigenvalue weighted by molar-refractivity contribution is -0.136. The highest BCUT2D eigenvalue weighted by molar-refractivity contribution is 6.18. The molecule has 30 heavy (non-hydrogen) atoms. The molecule has 0 atom stereocenters. The zero-order valence-corrected chi connectivity index (χ0v) is 19.8. The van der Waals surface area contributed by atoms with Gasteiger partial charge in [0.2, 0.25) is 0 Å². The molecule has 1 aromatic carbocycles. The number of rotatable bonds is 2. The zero-order chi connectivity index (χ0) is 22.7. The summed E-state index contributed by atoms with van der Waals surface area (Å²) in [6.07, 6.45) is 3.35. The van der Waals surface area contributed by atoms with Gasteiger partial charge in [0.25, 0.3) is 0 Å². The number of hydrogen-bond acceptors (Lipinski definition) is 4. The lowest BCUT2D eigenvalue weighted by Crippen LogP contribution is -2.45. The summed E-state index contributed by atoms with van der Waals surface area (Å²) in [5, 5.41) is 0. The SMILES string of the molecule is CC.CCOC(=O)C1=CC2(CCN(C(=O)OC(C)(C)C)CC2)c2cc(C)c(C)cc21. The summed E-state index contributed by atoms with van der Waals surface area (Å²) in [5.41, 5.74) is 4.47. The van der Waals surface area contributed by atoms with Crippen molar-refractivity contribution in [2.24, 2.45) is 0 Å². The topological polar surface area (TPSA) is 55.8 Å². The minimum atomic E-state index is -0.502. The number of hydrogen-bond donors (Lipinski definition) is 0. The second-order valence-electron chi connectivity index (χ2n) is 8.88. The van der Waals surface area contributed by atoms with Crippen molar-refractivity contribution in [3.05, 3.63) is 40.5 Å². The summed E-state index contributed by atoms with van der Waals surface area (Å²) in [6, 6.07) is 4.30. The average molecular weight is 416 g/mol. The third kappa shape index (κ3) is 4.88. The van der Waals surface area contributed by atoms with E-state index in [1.807, 2.05) is 41.5 Å². The van der Waals surface area contributed by atoms with E-state index in [9.17, 15) is 9.59 Å². The lowest BCUT2D eigenvalue weighted by Gasteiger charge is -2.39. The molecule has 5 nitrogen and oxygen atoms in total. The summed E-state index contributed by atoms with van der Waals surface area (Å²) < 4.78 is 10.8. The number of ether oxygens (including phenoxy) is 2.